The lowest BCUT2D eigenvalue weighted by Crippen LogP contribution is -2.39. The molecule has 0 aromatic heterocycles. The second-order valence-electron chi connectivity index (χ2n) is 4.41. The summed E-state index contributed by atoms with van der Waals surface area (Å²) in [6.07, 6.45) is 1.73. The molecule has 2 rings (SSSR count). The predicted molar refractivity (Wildman–Crippen MR) is 73.7 cm³/mol. The maximum Gasteiger partial charge on any atom is 0.252 e. The summed E-state index contributed by atoms with van der Waals surface area (Å²) in [7, 11) is 0. The molecule has 1 aromatic carbocycles. The molecule has 4 heteroatoms. The largest absolute Gasteiger partial charge is 0.381 e. The van der Waals surface area contributed by atoms with Gasteiger partial charge in [0.1, 0.15) is 0 Å². The summed E-state index contributed by atoms with van der Waals surface area (Å²) >= 11 is 0. The number of carbonyl (C=O) groups excluding carboxylic acids is 1. The molecule has 4 nitrogen and oxygen atoms in total. The molecular weight excluding hydrogens is 240 g/mol. The Bertz CT molecular complexity index is 496. The van der Waals surface area contributed by atoms with Crippen LogP contribution in [0.2, 0.25) is 0 Å². The van der Waals surface area contributed by atoms with Crippen molar-refractivity contribution in [2.24, 2.45) is 5.73 Å². The maximum atomic E-state index is 12.2. The molecule has 0 atom stereocenters. The summed E-state index contributed by atoms with van der Waals surface area (Å²) in [6, 6.07) is 7.52. The van der Waals surface area contributed by atoms with Crippen LogP contribution >= 0.6 is 0 Å². The number of hydrogen-bond acceptors (Lipinski definition) is 3. The van der Waals surface area contributed by atoms with Crippen molar-refractivity contribution in [2.75, 3.05) is 19.8 Å². The Morgan fingerprint density at radius 1 is 1.37 bits per heavy atom. The van der Waals surface area contributed by atoms with E-state index in [4.69, 9.17) is 10.5 Å². The van der Waals surface area contributed by atoms with Crippen molar-refractivity contribution in [3.05, 3.63) is 35.4 Å². The number of hydrogen-bond donors (Lipinski definition) is 2. The summed E-state index contributed by atoms with van der Waals surface area (Å²) in [5.41, 5.74) is 6.69. The smallest absolute Gasteiger partial charge is 0.252 e. The predicted octanol–water partition coefficient (Wildman–Crippen LogP) is 0.906. The molecule has 1 fully saturated rings. The molecule has 1 aromatic rings. The summed E-state index contributed by atoms with van der Waals surface area (Å²) < 4.78 is 5.28. The second kappa shape index (κ2) is 6.93. The fraction of sp³-hybridized carbons (Fsp3) is 0.400. The summed E-state index contributed by atoms with van der Waals surface area (Å²) in [6.45, 7) is 1.70. The van der Waals surface area contributed by atoms with Gasteiger partial charge in [-0.1, -0.05) is 24.0 Å². The van der Waals surface area contributed by atoms with Crippen molar-refractivity contribution >= 4 is 5.91 Å². The average Bonchev–Trinajstić information content (AvgIpc) is 2.46. The zero-order chi connectivity index (χ0) is 13.5. The van der Waals surface area contributed by atoms with Crippen LogP contribution < -0.4 is 11.1 Å². The molecule has 100 valence electrons. The first-order valence-corrected chi connectivity index (χ1v) is 6.48. The number of amides is 1. The number of ether oxygens (including phenoxy) is 1. The van der Waals surface area contributed by atoms with E-state index in [1.54, 1.807) is 6.07 Å². The van der Waals surface area contributed by atoms with Crippen LogP contribution in [0.15, 0.2) is 24.3 Å². The highest BCUT2D eigenvalue weighted by Gasteiger charge is 2.18. The molecule has 1 heterocycles. The van der Waals surface area contributed by atoms with E-state index in [2.05, 4.69) is 17.2 Å². The summed E-state index contributed by atoms with van der Waals surface area (Å²) in [4.78, 5) is 12.2. The van der Waals surface area contributed by atoms with E-state index in [-0.39, 0.29) is 18.5 Å². The molecule has 0 spiro atoms. The molecule has 1 aliphatic rings. The molecule has 0 unspecified atom stereocenters. The number of benzene rings is 1. The van der Waals surface area contributed by atoms with Gasteiger partial charge in [-0.2, -0.15) is 0 Å². The number of rotatable bonds is 2. The average molecular weight is 258 g/mol. The normalized spacial score (nSPS) is 15.4. The van der Waals surface area contributed by atoms with E-state index in [1.165, 1.54) is 0 Å². The van der Waals surface area contributed by atoms with E-state index in [0.717, 1.165) is 18.4 Å². The zero-order valence-corrected chi connectivity index (χ0v) is 10.8. The third-order valence-electron chi connectivity index (χ3n) is 3.05. The molecule has 0 saturated carbocycles. The van der Waals surface area contributed by atoms with E-state index < -0.39 is 0 Å². The van der Waals surface area contributed by atoms with Gasteiger partial charge in [0.25, 0.3) is 5.91 Å². The lowest BCUT2D eigenvalue weighted by molar-refractivity contribution is 0.0696. The van der Waals surface area contributed by atoms with Crippen LogP contribution in [0.3, 0.4) is 0 Å². The van der Waals surface area contributed by atoms with Gasteiger partial charge in [0.05, 0.1) is 12.1 Å². The van der Waals surface area contributed by atoms with Gasteiger partial charge in [-0.15, -0.1) is 0 Å². The van der Waals surface area contributed by atoms with E-state index in [9.17, 15) is 4.79 Å². The monoisotopic (exact) mass is 258 g/mol. The molecule has 0 bridgehead atoms. The van der Waals surface area contributed by atoms with Crippen molar-refractivity contribution in [1.82, 2.24) is 5.32 Å². The molecule has 1 amide bonds. The molecular formula is C15H18N2O2. The van der Waals surface area contributed by atoms with Gasteiger partial charge >= 0.3 is 0 Å². The Balaban J connectivity index is 2.09. The highest BCUT2D eigenvalue weighted by molar-refractivity contribution is 5.96. The van der Waals surface area contributed by atoms with Gasteiger partial charge in [0.2, 0.25) is 0 Å². The van der Waals surface area contributed by atoms with Crippen molar-refractivity contribution < 1.29 is 9.53 Å². The lowest BCUT2D eigenvalue weighted by Gasteiger charge is -2.23. The third-order valence-corrected chi connectivity index (χ3v) is 3.05. The van der Waals surface area contributed by atoms with Gasteiger partial charge in [-0.05, 0) is 25.0 Å². The third kappa shape index (κ3) is 3.82. The Morgan fingerprint density at radius 3 is 2.84 bits per heavy atom. The van der Waals surface area contributed by atoms with E-state index in [0.29, 0.717) is 18.8 Å². The van der Waals surface area contributed by atoms with Gasteiger partial charge in [0, 0.05) is 24.8 Å². The van der Waals surface area contributed by atoms with Gasteiger partial charge in [0.15, 0.2) is 0 Å². The summed E-state index contributed by atoms with van der Waals surface area (Å²) in [5.74, 6) is 5.64. The van der Waals surface area contributed by atoms with Crippen LogP contribution in [0.1, 0.15) is 28.8 Å². The fourth-order valence-electron chi connectivity index (χ4n) is 2.04. The Labute approximate surface area is 113 Å². The molecule has 3 N–H and O–H groups in total. The number of nitrogens with one attached hydrogen (secondary N) is 1. The van der Waals surface area contributed by atoms with Crippen LogP contribution in [-0.2, 0) is 4.74 Å². The minimum atomic E-state index is -0.0752. The first-order valence-electron chi connectivity index (χ1n) is 6.48. The van der Waals surface area contributed by atoms with Crippen LogP contribution in [0, 0.1) is 11.8 Å². The highest BCUT2D eigenvalue weighted by Crippen LogP contribution is 2.11. The van der Waals surface area contributed by atoms with Gasteiger partial charge in [-0.25, -0.2) is 0 Å². The quantitative estimate of drug-likeness (QED) is 0.775. The first kappa shape index (κ1) is 13.6. The van der Waals surface area contributed by atoms with Crippen molar-refractivity contribution in [3.8, 4) is 11.8 Å². The van der Waals surface area contributed by atoms with Crippen LogP contribution in [-0.4, -0.2) is 31.7 Å². The van der Waals surface area contributed by atoms with Crippen molar-refractivity contribution in [3.63, 3.8) is 0 Å². The van der Waals surface area contributed by atoms with Crippen molar-refractivity contribution in [2.45, 2.75) is 18.9 Å². The summed E-state index contributed by atoms with van der Waals surface area (Å²) in [5, 5.41) is 3.03. The minimum Gasteiger partial charge on any atom is -0.381 e. The molecule has 1 saturated heterocycles. The lowest BCUT2D eigenvalue weighted by atomic mass is 10.0. The van der Waals surface area contributed by atoms with E-state index in [1.807, 2.05) is 18.2 Å². The SMILES string of the molecule is NCC#Cc1ccccc1C(=O)NC1CCOCC1. The Hall–Kier alpha value is -1.83. The Morgan fingerprint density at radius 2 is 2.11 bits per heavy atom. The topological polar surface area (TPSA) is 64.4 Å². The van der Waals surface area contributed by atoms with Crippen LogP contribution in [0.25, 0.3) is 0 Å². The molecule has 19 heavy (non-hydrogen) atoms. The molecule has 0 aliphatic carbocycles. The second-order valence-corrected chi connectivity index (χ2v) is 4.41. The molecule has 1 aliphatic heterocycles. The fourth-order valence-corrected chi connectivity index (χ4v) is 2.04. The van der Waals surface area contributed by atoms with Crippen LogP contribution in [0.5, 0.6) is 0 Å². The van der Waals surface area contributed by atoms with Gasteiger partial charge < -0.3 is 15.8 Å². The highest BCUT2D eigenvalue weighted by atomic mass is 16.5. The first-order chi connectivity index (χ1) is 9.31. The van der Waals surface area contributed by atoms with Gasteiger partial charge in [-0.3, -0.25) is 4.79 Å². The molecule has 0 radical (unpaired) electrons. The number of carbonyl (C=O) groups is 1. The van der Waals surface area contributed by atoms with E-state index >= 15 is 0 Å². The Kier molecular flexibility index (Phi) is 4.96. The standard InChI is InChI=1S/C15H18N2O2/c16-9-3-5-12-4-1-2-6-14(12)15(18)17-13-7-10-19-11-8-13/h1-2,4,6,13H,7-11,16H2,(H,17,18). The maximum absolute atomic E-state index is 12.2. The number of nitrogens with two attached hydrogens (primary N) is 1. The minimum absolute atomic E-state index is 0.0752. The zero-order valence-electron chi connectivity index (χ0n) is 10.8. The van der Waals surface area contributed by atoms with Crippen molar-refractivity contribution in [1.29, 1.82) is 0 Å². The van der Waals surface area contributed by atoms with Crippen LogP contribution in [0.4, 0.5) is 0 Å².